The molecule has 2 rings (SSSR count). The summed E-state index contributed by atoms with van der Waals surface area (Å²) in [6, 6.07) is 3.75. The van der Waals surface area contributed by atoms with Crippen molar-refractivity contribution in [3.8, 4) is 0 Å². The number of piperidine rings is 1. The maximum Gasteiger partial charge on any atom is 0.274 e. The number of carbonyl (C=O) groups excluding carboxylic acids is 2. The maximum atomic E-state index is 12.0. The summed E-state index contributed by atoms with van der Waals surface area (Å²) in [5.41, 5.74) is 0.403. The molecule has 1 aliphatic rings. The second-order valence-corrected chi connectivity index (χ2v) is 5.02. The van der Waals surface area contributed by atoms with Gasteiger partial charge in [0.15, 0.2) is 0 Å². The number of rotatable bonds is 5. The average molecular weight is 278 g/mol. The van der Waals surface area contributed by atoms with Crippen molar-refractivity contribution < 1.29 is 9.59 Å². The fourth-order valence-corrected chi connectivity index (χ4v) is 2.53. The first-order chi connectivity index (χ1) is 9.70. The third-order valence-electron chi connectivity index (χ3n) is 3.64. The van der Waals surface area contributed by atoms with Crippen LogP contribution in [0.2, 0.25) is 0 Å². The van der Waals surface area contributed by atoms with Gasteiger partial charge in [-0.15, -0.1) is 0 Å². The van der Waals surface area contributed by atoms with E-state index >= 15 is 0 Å². The molecule has 110 valence electrons. The molecule has 6 heteroatoms. The van der Waals surface area contributed by atoms with E-state index in [1.807, 2.05) is 6.92 Å². The SMILES string of the molecule is CCN(CC(=O)NC(=O)c1ccc[nH]1)C1CCCNC1. The van der Waals surface area contributed by atoms with Gasteiger partial charge >= 0.3 is 0 Å². The molecule has 1 aromatic rings. The lowest BCUT2D eigenvalue weighted by Gasteiger charge is -2.33. The van der Waals surface area contributed by atoms with Crippen molar-refractivity contribution in [3.63, 3.8) is 0 Å². The summed E-state index contributed by atoms with van der Waals surface area (Å²) in [7, 11) is 0. The van der Waals surface area contributed by atoms with Crippen LogP contribution < -0.4 is 10.6 Å². The van der Waals surface area contributed by atoms with Gasteiger partial charge in [0.05, 0.1) is 6.54 Å². The number of imide groups is 1. The summed E-state index contributed by atoms with van der Waals surface area (Å²) in [4.78, 5) is 28.6. The molecule has 1 atom stereocenters. The zero-order valence-electron chi connectivity index (χ0n) is 11.8. The minimum atomic E-state index is -0.377. The molecule has 2 heterocycles. The summed E-state index contributed by atoms with van der Waals surface area (Å²) >= 11 is 0. The molecule has 3 N–H and O–H groups in total. The summed E-state index contributed by atoms with van der Waals surface area (Å²) in [5.74, 6) is -0.630. The van der Waals surface area contributed by atoms with Crippen LogP contribution in [0.5, 0.6) is 0 Å². The summed E-state index contributed by atoms with van der Waals surface area (Å²) in [5, 5.41) is 5.76. The number of nitrogens with one attached hydrogen (secondary N) is 3. The molecule has 1 aromatic heterocycles. The molecule has 0 aromatic carbocycles. The van der Waals surface area contributed by atoms with Crippen molar-refractivity contribution in [2.24, 2.45) is 0 Å². The predicted molar refractivity (Wildman–Crippen MR) is 76.4 cm³/mol. The number of likely N-dealkylation sites (N-methyl/N-ethyl adjacent to an activating group) is 1. The van der Waals surface area contributed by atoms with Crippen LogP contribution in [0.25, 0.3) is 0 Å². The van der Waals surface area contributed by atoms with E-state index in [-0.39, 0.29) is 18.4 Å². The predicted octanol–water partition coefficient (Wildman–Crippen LogP) is 0.345. The van der Waals surface area contributed by atoms with E-state index in [4.69, 9.17) is 0 Å². The van der Waals surface area contributed by atoms with E-state index in [9.17, 15) is 9.59 Å². The molecule has 0 saturated carbocycles. The highest BCUT2D eigenvalue weighted by atomic mass is 16.2. The second kappa shape index (κ2) is 7.21. The second-order valence-electron chi connectivity index (χ2n) is 5.02. The minimum Gasteiger partial charge on any atom is -0.357 e. The largest absolute Gasteiger partial charge is 0.357 e. The molecular weight excluding hydrogens is 256 g/mol. The van der Waals surface area contributed by atoms with Crippen molar-refractivity contribution in [1.29, 1.82) is 0 Å². The van der Waals surface area contributed by atoms with Gasteiger partial charge in [-0.2, -0.15) is 0 Å². The lowest BCUT2D eigenvalue weighted by Crippen LogP contribution is -2.50. The van der Waals surface area contributed by atoms with Crippen LogP contribution >= 0.6 is 0 Å². The van der Waals surface area contributed by atoms with Crippen molar-refractivity contribution in [1.82, 2.24) is 20.5 Å². The normalized spacial score (nSPS) is 19.0. The highest BCUT2D eigenvalue weighted by Crippen LogP contribution is 2.09. The lowest BCUT2D eigenvalue weighted by atomic mass is 10.1. The number of H-pyrrole nitrogens is 1. The van der Waals surface area contributed by atoms with Crippen LogP contribution in [0, 0.1) is 0 Å². The fraction of sp³-hybridized carbons (Fsp3) is 0.571. The lowest BCUT2D eigenvalue weighted by molar-refractivity contribution is -0.121. The van der Waals surface area contributed by atoms with E-state index in [0.29, 0.717) is 11.7 Å². The summed E-state index contributed by atoms with van der Waals surface area (Å²) in [6.45, 7) is 5.05. The van der Waals surface area contributed by atoms with E-state index in [1.54, 1.807) is 18.3 Å². The number of hydrogen-bond acceptors (Lipinski definition) is 4. The fourth-order valence-electron chi connectivity index (χ4n) is 2.53. The molecule has 0 bridgehead atoms. The Kier molecular flexibility index (Phi) is 5.31. The molecule has 20 heavy (non-hydrogen) atoms. The number of nitrogens with zero attached hydrogens (tertiary/aromatic N) is 1. The molecule has 1 aliphatic heterocycles. The number of aromatic nitrogens is 1. The third kappa shape index (κ3) is 3.91. The van der Waals surface area contributed by atoms with Gasteiger partial charge in [0.2, 0.25) is 5.91 Å². The Balaban J connectivity index is 1.84. The van der Waals surface area contributed by atoms with Crippen LogP contribution in [-0.2, 0) is 4.79 Å². The molecule has 0 spiro atoms. The Hall–Kier alpha value is -1.66. The van der Waals surface area contributed by atoms with Crippen LogP contribution in [0.3, 0.4) is 0 Å². The molecule has 2 amide bonds. The number of carbonyl (C=O) groups is 2. The molecule has 6 nitrogen and oxygen atoms in total. The van der Waals surface area contributed by atoms with Crippen LogP contribution in [-0.4, -0.2) is 53.9 Å². The van der Waals surface area contributed by atoms with E-state index in [0.717, 1.165) is 32.5 Å². The number of hydrogen-bond donors (Lipinski definition) is 3. The quantitative estimate of drug-likeness (QED) is 0.726. The van der Waals surface area contributed by atoms with Gasteiger partial charge in [-0.05, 0) is 38.1 Å². The van der Waals surface area contributed by atoms with E-state index < -0.39 is 0 Å². The Bertz CT molecular complexity index is 438. The van der Waals surface area contributed by atoms with E-state index in [1.165, 1.54) is 0 Å². The standard InChI is InChI=1S/C14H22N4O2/c1-2-18(11-5-3-7-15-9-11)10-13(19)17-14(20)12-6-4-8-16-12/h4,6,8,11,15-16H,2-3,5,7,9-10H2,1H3,(H,17,19,20). The van der Waals surface area contributed by atoms with Crippen molar-refractivity contribution in [2.75, 3.05) is 26.2 Å². The number of amides is 2. The monoisotopic (exact) mass is 278 g/mol. The van der Waals surface area contributed by atoms with E-state index in [2.05, 4.69) is 20.5 Å². The Morgan fingerprint density at radius 2 is 2.35 bits per heavy atom. The third-order valence-corrected chi connectivity index (χ3v) is 3.64. The Labute approximate surface area is 118 Å². The van der Waals surface area contributed by atoms with Gasteiger partial charge < -0.3 is 10.3 Å². The zero-order chi connectivity index (χ0) is 14.4. The van der Waals surface area contributed by atoms with Crippen LogP contribution in [0.1, 0.15) is 30.3 Å². The number of aromatic amines is 1. The first kappa shape index (κ1) is 14.7. The molecular formula is C14H22N4O2. The Morgan fingerprint density at radius 1 is 1.50 bits per heavy atom. The molecule has 0 radical (unpaired) electrons. The first-order valence-electron chi connectivity index (χ1n) is 7.13. The van der Waals surface area contributed by atoms with Gasteiger partial charge in [0.1, 0.15) is 5.69 Å². The minimum absolute atomic E-state index is 0.253. The summed E-state index contributed by atoms with van der Waals surface area (Å²) < 4.78 is 0. The summed E-state index contributed by atoms with van der Waals surface area (Å²) in [6.07, 6.45) is 3.88. The maximum absolute atomic E-state index is 12.0. The molecule has 1 unspecified atom stereocenters. The topological polar surface area (TPSA) is 77.2 Å². The first-order valence-corrected chi connectivity index (χ1v) is 7.13. The van der Waals surface area contributed by atoms with Crippen molar-refractivity contribution in [3.05, 3.63) is 24.0 Å². The van der Waals surface area contributed by atoms with Gasteiger partial charge in [0, 0.05) is 18.8 Å². The molecule has 1 saturated heterocycles. The van der Waals surface area contributed by atoms with Crippen LogP contribution in [0.4, 0.5) is 0 Å². The smallest absolute Gasteiger partial charge is 0.274 e. The van der Waals surface area contributed by atoms with Gasteiger partial charge in [0.25, 0.3) is 5.91 Å². The van der Waals surface area contributed by atoms with Crippen molar-refractivity contribution >= 4 is 11.8 Å². The van der Waals surface area contributed by atoms with Gasteiger partial charge in [-0.3, -0.25) is 19.8 Å². The van der Waals surface area contributed by atoms with Crippen molar-refractivity contribution in [2.45, 2.75) is 25.8 Å². The molecule has 0 aliphatic carbocycles. The highest BCUT2D eigenvalue weighted by Gasteiger charge is 2.22. The molecule has 1 fully saturated rings. The zero-order valence-corrected chi connectivity index (χ0v) is 11.8. The average Bonchev–Trinajstić information content (AvgIpc) is 3.00. The Morgan fingerprint density at radius 3 is 2.95 bits per heavy atom. The highest BCUT2D eigenvalue weighted by molar-refractivity contribution is 6.04. The van der Waals surface area contributed by atoms with Crippen LogP contribution in [0.15, 0.2) is 18.3 Å². The van der Waals surface area contributed by atoms with Gasteiger partial charge in [-0.1, -0.05) is 6.92 Å². The van der Waals surface area contributed by atoms with Gasteiger partial charge in [-0.25, -0.2) is 0 Å².